The Morgan fingerprint density at radius 3 is 2.67 bits per heavy atom. The maximum absolute atomic E-state index is 13.6. The van der Waals surface area contributed by atoms with E-state index >= 15 is 0 Å². The minimum absolute atomic E-state index is 0.0490. The molecule has 21 heavy (non-hydrogen) atoms. The Kier molecular flexibility index (Phi) is 3.44. The van der Waals surface area contributed by atoms with Crippen molar-refractivity contribution in [2.75, 3.05) is 0 Å². The lowest BCUT2D eigenvalue weighted by Crippen LogP contribution is -2.07. The van der Waals surface area contributed by atoms with Crippen molar-refractivity contribution in [2.45, 2.75) is 6.42 Å². The molecule has 2 nitrogen and oxygen atoms in total. The molecule has 0 amide bonds. The number of benzene rings is 2. The standard InChI is InChI=1S/C17H11F2NO/c18-15-7-3-5-11(17(15)19)8-16(21)14-10-20-9-12-4-1-2-6-13(12)14/h1-7,9-10H,8H2. The summed E-state index contributed by atoms with van der Waals surface area (Å²) in [6, 6.07) is 11.2. The van der Waals surface area contributed by atoms with Crippen LogP contribution in [0.25, 0.3) is 10.8 Å². The highest BCUT2D eigenvalue weighted by molar-refractivity contribution is 6.08. The predicted molar refractivity (Wildman–Crippen MR) is 76.1 cm³/mol. The van der Waals surface area contributed by atoms with Crippen molar-refractivity contribution in [1.29, 1.82) is 0 Å². The molecule has 0 aliphatic rings. The molecule has 4 heteroatoms. The molecule has 0 aliphatic heterocycles. The van der Waals surface area contributed by atoms with E-state index in [-0.39, 0.29) is 17.8 Å². The first-order valence-corrected chi connectivity index (χ1v) is 6.45. The lowest BCUT2D eigenvalue weighted by Gasteiger charge is -2.06. The van der Waals surface area contributed by atoms with Gasteiger partial charge in [-0.3, -0.25) is 9.78 Å². The van der Waals surface area contributed by atoms with Crippen LogP contribution in [0.2, 0.25) is 0 Å². The molecule has 0 aliphatic carbocycles. The van der Waals surface area contributed by atoms with Crippen molar-refractivity contribution in [3.05, 3.63) is 77.6 Å². The van der Waals surface area contributed by atoms with E-state index in [1.165, 1.54) is 18.3 Å². The summed E-state index contributed by atoms with van der Waals surface area (Å²) in [5.41, 5.74) is 0.463. The maximum Gasteiger partial charge on any atom is 0.169 e. The van der Waals surface area contributed by atoms with E-state index in [9.17, 15) is 13.6 Å². The number of aromatic nitrogens is 1. The van der Waals surface area contributed by atoms with Gasteiger partial charge in [0.2, 0.25) is 0 Å². The van der Waals surface area contributed by atoms with Gasteiger partial charge >= 0.3 is 0 Å². The van der Waals surface area contributed by atoms with Crippen LogP contribution in [-0.4, -0.2) is 10.8 Å². The van der Waals surface area contributed by atoms with E-state index in [0.29, 0.717) is 5.56 Å². The summed E-state index contributed by atoms with van der Waals surface area (Å²) in [5, 5.41) is 1.59. The molecular formula is C17H11F2NO. The highest BCUT2D eigenvalue weighted by Crippen LogP contribution is 2.20. The molecule has 3 rings (SSSR count). The van der Waals surface area contributed by atoms with Crippen LogP contribution in [0.1, 0.15) is 15.9 Å². The van der Waals surface area contributed by atoms with Gasteiger partial charge in [0.15, 0.2) is 17.4 Å². The Labute approximate surface area is 120 Å². The van der Waals surface area contributed by atoms with E-state index in [1.807, 2.05) is 24.3 Å². The number of ketones is 1. The van der Waals surface area contributed by atoms with Crippen LogP contribution in [0.3, 0.4) is 0 Å². The molecule has 104 valence electrons. The van der Waals surface area contributed by atoms with Crippen LogP contribution in [0.4, 0.5) is 8.78 Å². The van der Waals surface area contributed by atoms with Crippen LogP contribution in [-0.2, 0) is 6.42 Å². The first kappa shape index (κ1) is 13.4. The minimum Gasteiger partial charge on any atom is -0.294 e. The van der Waals surface area contributed by atoms with Crippen LogP contribution in [0.15, 0.2) is 54.9 Å². The molecule has 0 unspecified atom stereocenters. The fourth-order valence-electron chi connectivity index (χ4n) is 2.29. The molecule has 0 saturated heterocycles. The lowest BCUT2D eigenvalue weighted by atomic mass is 9.99. The fraction of sp³-hybridized carbons (Fsp3) is 0.0588. The average Bonchev–Trinajstić information content (AvgIpc) is 2.51. The van der Waals surface area contributed by atoms with Gasteiger partial charge in [0.25, 0.3) is 0 Å². The van der Waals surface area contributed by atoms with Crippen LogP contribution < -0.4 is 0 Å². The molecule has 0 radical (unpaired) electrons. The smallest absolute Gasteiger partial charge is 0.169 e. The third kappa shape index (κ3) is 2.52. The number of carbonyl (C=O) groups is 1. The Bertz CT molecular complexity index is 825. The van der Waals surface area contributed by atoms with E-state index in [1.54, 1.807) is 6.20 Å². The first-order valence-electron chi connectivity index (χ1n) is 6.45. The molecule has 0 saturated carbocycles. The normalized spacial score (nSPS) is 10.8. The summed E-state index contributed by atoms with van der Waals surface area (Å²) in [7, 11) is 0. The SMILES string of the molecule is O=C(Cc1cccc(F)c1F)c1cncc2ccccc12. The van der Waals surface area contributed by atoms with Gasteiger partial charge in [-0.05, 0) is 17.0 Å². The van der Waals surface area contributed by atoms with Crippen molar-refractivity contribution in [1.82, 2.24) is 4.98 Å². The number of rotatable bonds is 3. The molecule has 2 aromatic carbocycles. The Balaban J connectivity index is 2.00. The number of carbonyl (C=O) groups excluding carboxylic acids is 1. The molecule has 0 fully saturated rings. The topological polar surface area (TPSA) is 30.0 Å². The molecular weight excluding hydrogens is 272 g/mol. The number of fused-ring (bicyclic) bond motifs is 1. The van der Waals surface area contributed by atoms with Gasteiger partial charge in [-0.1, -0.05) is 36.4 Å². The number of nitrogens with zero attached hydrogens (tertiary/aromatic N) is 1. The van der Waals surface area contributed by atoms with E-state index < -0.39 is 11.6 Å². The van der Waals surface area contributed by atoms with Crippen molar-refractivity contribution in [3.8, 4) is 0 Å². The van der Waals surface area contributed by atoms with Crippen molar-refractivity contribution in [3.63, 3.8) is 0 Å². The van der Waals surface area contributed by atoms with Gasteiger partial charge in [0, 0.05) is 29.8 Å². The van der Waals surface area contributed by atoms with Gasteiger partial charge in [-0.25, -0.2) is 8.78 Å². The summed E-state index contributed by atoms with van der Waals surface area (Å²) < 4.78 is 26.8. The zero-order chi connectivity index (χ0) is 14.8. The average molecular weight is 283 g/mol. The minimum atomic E-state index is -0.973. The van der Waals surface area contributed by atoms with Crippen LogP contribution in [0.5, 0.6) is 0 Å². The van der Waals surface area contributed by atoms with Crippen molar-refractivity contribution >= 4 is 16.6 Å². The molecule has 1 heterocycles. The monoisotopic (exact) mass is 283 g/mol. The Morgan fingerprint density at radius 2 is 1.81 bits per heavy atom. The summed E-state index contributed by atoms with van der Waals surface area (Å²) in [6.45, 7) is 0. The van der Waals surface area contributed by atoms with Crippen LogP contribution >= 0.6 is 0 Å². The van der Waals surface area contributed by atoms with Gasteiger partial charge in [0.1, 0.15) is 0 Å². The van der Waals surface area contributed by atoms with E-state index in [0.717, 1.165) is 16.8 Å². The largest absolute Gasteiger partial charge is 0.294 e. The van der Waals surface area contributed by atoms with Crippen molar-refractivity contribution < 1.29 is 13.6 Å². The van der Waals surface area contributed by atoms with E-state index in [2.05, 4.69) is 4.98 Å². The van der Waals surface area contributed by atoms with Crippen LogP contribution in [0, 0.1) is 11.6 Å². The molecule has 0 atom stereocenters. The fourth-order valence-corrected chi connectivity index (χ4v) is 2.29. The Morgan fingerprint density at radius 1 is 1.00 bits per heavy atom. The van der Waals surface area contributed by atoms with Gasteiger partial charge in [-0.2, -0.15) is 0 Å². The molecule has 3 aromatic rings. The molecule has 0 N–H and O–H groups in total. The van der Waals surface area contributed by atoms with E-state index in [4.69, 9.17) is 0 Å². The number of hydrogen-bond donors (Lipinski definition) is 0. The second-order valence-corrected chi connectivity index (χ2v) is 4.72. The number of pyridine rings is 1. The third-order valence-electron chi connectivity index (χ3n) is 3.35. The summed E-state index contributed by atoms with van der Waals surface area (Å²) in [6.07, 6.45) is 2.93. The van der Waals surface area contributed by atoms with Gasteiger partial charge < -0.3 is 0 Å². The molecule has 0 spiro atoms. The zero-order valence-corrected chi connectivity index (χ0v) is 11.0. The maximum atomic E-state index is 13.6. The van der Waals surface area contributed by atoms with Gasteiger partial charge in [0.05, 0.1) is 0 Å². The van der Waals surface area contributed by atoms with Crippen molar-refractivity contribution in [2.24, 2.45) is 0 Å². The number of hydrogen-bond acceptors (Lipinski definition) is 2. The highest BCUT2D eigenvalue weighted by atomic mass is 19.2. The predicted octanol–water partition coefficient (Wildman–Crippen LogP) is 3.94. The summed E-state index contributed by atoms with van der Waals surface area (Å²) in [5.74, 6) is -2.21. The number of Topliss-reactive ketones (excluding diaryl/α,β-unsaturated/α-hetero) is 1. The third-order valence-corrected chi connectivity index (χ3v) is 3.35. The number of halogens is 2. The second-order valence-electron chi connectivity index (χ2n) is 4.72. The lowest BCUT2D eigenvalue weighted by molar-refractivity contribution is 0.0993. The van der Waals surface area contributed by atoms with Gasteiger partial charge in [-0.15, -0.1) is 0 Å². The summed E-state index contributed by atoms with van der Waals surface area (Å²) >= 11 is 0. The molecule has 1 aromatic heterocycles. The Hall–Kier alpha value is -2.62. The highest BCUT2D eigenvalue weighted by Gasteiger charge is 2.15. The second kappa shape index (κ2) is 5.40. The zero-order valence-electron chi connectivity index (χ0n) is 11.0. The summed E-state index contributed by atoms with van der Waals surface area (Å²) in [4.78, 5) is 16.4. The first-order chi connectivity index (χ1) is 10.2. The quantitative estimate of drug-likeness (QED) is 0.681. The molecule has 0 bridgehead atoms.